The summed E-state index contributed by atoms with van der Waals surface area (Å²) in [5.41, 5.74) is 0. The first-order valence-corrected chi connectivity index (χ1v) is 7.88. The van der Waals surface area contributed by atoms with Crippen LogP contribution in [0.4, 0.5) is 0 Å². The van der Waals surface area contributed by atoms with Crippen molar-refractivity contribution in [2.45, 2.75) is 69.2 Å². The third-order valence-electron chi connectivity index (χ3n) is 4.50. The molecule has 136 valence electrons. The zero-order valence-corrected chi connectivity index (χ0v) is 14.1. The molecule has 0 aromatic rings. The fourth-order valence-electron chi connectivity index (χ4n) is 3.50. The molecular formula is C15H23NO8. The molecule has 3 aliphatic heterocycles. The highest BCUT2D eigenvalue weighted by Crippen LogP contribution is 2.44. The number of amides is 1. The van der Waals surface area contributed by atoms with Gasteiger partial charge in [0, 0.05) is 13.3 Å². The molecule has 0 aliphatic carbocycles. The van der Waals surface area contributed by atoms with Gasteiger partial charge in [0.2, 0.25) is 5.91 Å². The van der Waals surface area contributed by atoms with Crippen molar-refractivity contribution in [1.82, 2.24) is 5.32 Å². The number of aliphatic hydroxyl groups excluding tert-OH is 1. The van der Waals surface area contributed by atoms with E-state index in [1.807, 2.05) is 0 Å². The van der Waals surface area contributed by atoms with Crippen molar-refractivity contribution >= 4 is 11.9 Å². The molecule has 9 nitrogen and oxygen atoms in total. The van der Waals surface area contributed by atoms with E-state index in [-0.39, 0.29) is 18.9 Å². The predicted octanol–water partition coefficient (Wildman–Crippen LogP) is -0.939. The number of hydrogen-bond acceptors (Lipinski definition) is 8. The van der Waals surface area contributed by atoms with Crippen LogP contribution in [0.25, 0.3) is 0 Å². The van der Waals surface area contributed by atoms with Crippen LogP contribution < -0.4 is 5.32 Å². The van der Waals surface area contributed by atoms with E-state index in [4.69, 9.17) is 23.7 Å². The first kappa shape index (κ1) is 17.6. The predicted molar refractivity (Wildman–Crippen MR) is 77.6 cm³/mol. The lowest BCUT2D eigenvalue weighted by Crippen LogP contribution is -2.59. The third-order valence-corrected chi connectivity index (χ3v) is 4.50. The molecular weight excluding hydrogens is 322 g/mol. The van der Waals surface area contributed by atoms with E-state index in [0.717, 1.165) is 0 Å². The minimum absolute atomic E-state index is 0.0512. The normalized spacial score (nSPS) is 43.5. The number of carbonyl (C=O) groups excluding carboxylic acids is 2. The summed E-state index contributed by atoms with van der Waals surface area (Å²) in [6, 6.07) is -0.694. The Morgan fingerprint density at radius 1 is 1.21 bits per heavy atom. The number of methoxy groups -OCH3 is 1. The highest BCUT2D eigenvalue weighted by molar-refractivity contribution is 5.79. The molecule has 24 heavy (non-hydrogen) atoms. The summed E-state index contributed by atoms with van der Waals surface area (Å²) in [5.74, 6) is -3.49. The van der Waals surface area contributed by atoms with Crippen LogP contribution in [0.15, 0.2) is 0 Å². The van der Waals surface area contributed by atoms with Gasteiger partial charge in [-0.1, -0.05) is 0 Å². The maximum Gasteiger partial charge on any atom is 0.366 e. The van der Waals surface area contributed by atoms with Crippen molar-refractivity contribution in [3.05, 3.63) is 0 Å². The quantitative estimate of drug-likeness (QED) is 0.630. The van der Waals surface area contributed by atoms with Gasteiger partial charge in [0.1, 0.15) is 24.4 Å². The maximum absolute atomic E-state index is 12.2. The van der Waals surface area contributed by atoms with E-state index in [1.54, 1.807) is 13.8 Å². The molecule has 0 saturated carbocycles. The third kappa shape index (κ3) is 2.91. The summed E-state index contributed by atoms with van der Waals surface area (Å²) in [6.45, 7) is 5.11. The minimum atomic E-state index is -1.67. The summed E-state index contributed by atoms with van der Waals surface area (Å²) in [4.78, 5) is 23.6. The number of esters is 1. The van der Waals surface area contributed by atoms with Gasteiger partial charge in [-0.15, -0.1) is 0 Å². The first-order chi connectivity index (χ1) is 11.2. The molecule has 3 rings (SSSR count). The second kappa shape index (κ2) is 5.92. The molecule has 0 unspecified atom stereocenters. The second-order valence-corrected chi connectivity index (χ2v) is 6.78. The van der Waals surface area contributed by atoms with Crippen LogP contribution in [-0.2, 0) is 33.3 Å². The van der Waals surface area contributed by atoms with Crippen molar-refractivity contribution in [3.8, 4) is 0 Å². The Bertz CT molecular complexity index is 538. The number of carbonyl (C=O) groups is 2. The number of ether oxygens (including phenoxy) is 5. The Labute approximate surface area is 139 Å². The molecule has 0 aromatic carbocycles. The molecule has 0 spiro atoms. The van der Waals surface area contributed by atoms with Gasteiger partial charge >= 0.3 is 5.97 Å². The number of hydrogen-bond donors (Lipinski definition) is 2. The van der Waals surface area contributed by atoms with Gasteiger partial charge in [0.25, 0.3) is 5.79 Å². The van der Waals surface area contributed by atoms with E-state index < -0.39 is 48.0 Å². The zero-order valence-electron chi connectivity index (χ0n) is 14.1. The molecule has 9 heteroatoms. The van der Waals surface area contributed by atoms with Crippen LogP contribution >= 0.6 is 0 Å². The van der Waals surface area contributed by atoms with Crippen LogP contribution in [-0.4, -0.2) is 72.7 Å². The Morgan fingerprint density at radius 2 is 1.88 bits per heavy atom. The van der Waals surface area contributed by atoms with Crippen molar-refractivity contribution in [2.75, 3.05) is 13.7 Å². The smallest absolute Gasteiger partial charge is 0.366 e. The largest absolute Gasteiger partial charge is 0.465 e. The highest BCUT2D eigenvalue weighted by Gasteiger charge is 2.65. The summed E-state index contributed by atoms with van der Waals surface area (Å²) in [6.07, 6.45) is -3.18. The molecule has 0 aromatic heterocycles. The molecule has 6 atom stereocenters. The average Bonchev–Trinajstić information content (AvgIpc) is 3.02. The van der Waals surface area contributed by atoms with Crippen LogP contribution in [0.5, 0.6) is 0 Å². The fraction of sp³-hybridized carbons (Fsp3) is 0.867. The average molecular weight is 345 g/mol. The monoisotopic (exact) mass is 345 g/mol. The van der Waals surface area contributed by atoms with E-state index >= 15 is 0 Å². The van der Waals surface area contributed by atoms with Crippen LogP contribution in [0, 0.1) is 0 Å². The zero-order chi connectivity index (χ0) is 17.7. The Morgan fingerprint density at radius 3 is 2.42 bits per heavy atom. The lowest BCUT2D eigenvalue weighted by molar-refractivity contribution is -0.235. The SMILES string of the molecule is COC(=O)[C@@]12C[C@@H](NC(C)=O)[C@H](O)[C@H](O1)[C@@H]([C@H]1COC(C)(C)O1)O2. The molecule has 0 radical (unpaired) electrons. The summed E-state index contributed by atoms with van der Waals surface area (Å²) in [5, 5.41) is 13.2. The van der Waals surface area contributed by atoms with E-state index in [1.165, 1.54) is 14.0 Å². The van der Waals surface area contributed by atoms with Crippen LogP contribution in [0.2, 0.25) is 0 Å². The lowest BCUT2D eigenvalue weighted by atomic mass is 9.92. The highest BCUT2D eigenvalue weighted by atomic mass is 16.8. The number of aliphatic hydroxyl groups is 1. The minimum Gasteiger partial charge on any atom is -0.465 e. The molecule has 3 fully saturated rings. The van der Waals surface area contributed by atoms with Gasteiger partial charge in [0.05, 0.1) is 19.8 Å². The Kier molecular flexibility index (Phi) is 4.33. The summed E-state index contributed by atoms with van der Waals surface area (Å²) in [7, 11) is 1.23. The number of nitrogens with one attached hydrogen (secondary N) is 1. The van der Waals surface area contributed by atoms with E-state index in [2.05, 4.69) is 5.32 Å². The van der Waals surface area contributed by atoms with Crippen molar-refractivity contribution < 1.29 is 38.4 Å². The van der Waals surface area contributed by atoms with Gasteiger partial charge in [-0.25, -0.2) is 4.79 Å². The Balaban J connectivity index is 1.87. The van der Waals surface area contributed by atoms with Crippen molar-refractivity contribution in [3.63, 3.8) is 0 Å². The molecule has 2 bridgehead atoms. The van der Waals surface area contributed by atoms with Gasteiger partial charge in [-0.2, -0.15) is 0 Å². The van der Waals surface area contributed by atoms with Gasteiger partial charge in [-0.3, -0.25) is 4.79 Å². The van der Waals surface area contributed by atoms with E-state index in [0.29, 0.717) is 0 Å². The topological polar surface area (TPSA) is 113 Å². The van der Waals surface area contributed by atoms with Gasteiger partial charge in [-0.05, 0) is 13.8 Å². The van der Waals surface area contributed by atoms with Gasteiger partial charge in [0.15, 0.2) is 5.79 Å². The number of fused-ring (bicyclic) bond motifs is 2. The van der Waals surface area contributed by atoms with Crippen LogP contribution in [0.1, 0.15) is 27.2 Å². The lowest BCUT2D eigenvalue weighted by Gasteiger charge is -2.37. The standard InChI is InChI=1S/C15H23NO8/c1-7(17)16-8-5-15(13(19)20-4)23-11(12(24-15)10(8)18)9-6-21-14(2,3)22-9/h8-12,18H,5-6H2,1-4H3,(H,16,17)/t8-,9-,10+,11-,12+,15-/m1/s1. The Hall–Kier alpha value is -1.26. The molecule has 3 heterocycles. The number of rotatable bonds is 3. The fourth-order valence-corrected chi connectivity index (χ4v) is 3.50. The van der Waals surface area contributed by atoms with E-state index in [9.17, 15) is 14.7 Å². The molecule has 2 N–H and O–H groups in total. The van der Waals surface area contributed by atoms with Crippen molar-refractivity contribution in [1.29, 1.82) is 0 Å². The molecule has 1 amide bonds. The van der Waals surface area contributed by atoms with Crippen LogP contribution in [0.3, 0.4) is 0 Å². The maximum atomic E-state index is 12.2. The summed E-state index contributed by atoms with van der Waals surface area (Å²) < 4.78 is 27.7. The second-order valence-electron chi connectivity index (χ2n) is 6.78. The molecule has 3 aliphatic rings. The molecule has 3 saturated heterocycles. The summed E-state index contributed by atoms with van der Waals surface area (Å²) >= 11 is 0. The van der Waals surface area contributed by atoms with Gasteiger partial charge < -0.3 is 34.1 Å². The first-order valence-electron chi connectivity index (χ1n) is 7.88. The van der Waals surface area contributed by atoms with Crippen molar-refractivity contribution in [2.24, 2.45) is 0 Å².